The Kier molecular flexibility index (Phi) is 3.97. The molecule has 3 aromatic carbocycles. The van der Waals surface area contributed by atoms with Crippen molar-refractivity contribution < 1.29 is 4.74 Å². The summed E-state index contributed by atoms with van der Waals surface area (Å²) in [4.78, 5) is 0. The smallest absolute Gasteiger partial charge is 0.319 e. The van der Waals surface area contributed by atoms with Crippen molar-refractivity contribution in [1.82, 2.24) is 15.0 Å². The molecular formula is C21H18N4O. The Morgan fingerprint density at radius 3 is 2.15 bits per heavy atom. The molecule has 4 aromatic rings. The number of nitrogens with zero attached hydrogens (tertiary/aromatic N) is 4. The van der Waals surface area contributed by atoms with Crippen LogP contribution >= 0.6 is 0 Å². The lowest BCUT2D eigenvalue weighted by Gasteiger charge is -2.14. The number of rotatable bonds is 2. The Morgan fingerprint density at radius 1 is 0.846 bits per heavy atom. The number of para-hydroxylation sites is 1. The van der Waals surface area contributed by atoms with Crippen molar-refractivity contribution in [2.45, 2.75) is 13.8 Å². The number of aromatic nitrogens is 3. The highest BCUT2D eigenvalue weighted by molar-refractivity contribution is 6.01. The summed E-state index contributed by atoms with van der Waals surface area (Å²) >= 11 is 0. The lowest BCUT2D eigenvalue weighted by molar-refractivity contribution is -0.363. The van der Waals surface area contributed by atoms with Gasteiger partial charge >= 0.3 is 5.84 Å². The van der Waals surface area contributed by atoms with Gasteiger partial charge in [-0.15, -0.1) is 5.10 Å². The topological polar surface area (TPSA) is 56.8 Å². The Bertz CT molecular complexity index is 1090. The second-order valence-electron chi connectivity index (χ2n) is 6.31. The molecule has 26 heavy (non-hydrogen) atoms. The lowest BCUT2D eigenvalue weighted by atomic mass is 10.1. The largest absolute Gasteiger partial charge is 0.710 e. The van der Waals surface area contributed by atoms with Gasteiger partial charge in [0.1, 0.15) is 11.2 Å². The van der Waals surface area contributed by atoms with Gasteiger partial charge < -0.3 is 5.21 Å². The molecule has 4 rings (SSSR count). The molecule has 128 valence electrons. The summed E-state index contributed by atoms with van der Waals surface area (Å²) in [5.74, 6) is 0.419. The van der Waals surface area contributed by atoms with Crippen LogP contribution in [0.15, 0.2) is 72.8 Å². The van der Waals surface area contributed by atoms with Gasteiger partial charge in [0, 0.05) is 5.21 Å². The fourth-order valence-corrected chi connectivity index (χ4v) is 2.86. The highest BCUT2D eigenvalue weighted by Crippen LogP contribution is 2.18. The molecule has 0 aliphatic heterocycles. The fourth-order valence-electron chi connectivity index (χ4n) is 2.86. The first-order valence-electron chi connectivity index (χ1n) is 8.42. The molecule has 5 nitrogen and oxygen atoms in total. The zero-order chi connectivity index (χ0) is 18.1. The van der Waals surface area contributed by atoms with Crippen LogP contribution in [0.25, 0.3) is 11.0 Å². The van der Waals surface area contributed by atoms with Crippen LogP contribution in [0, 0.1) is 19.1 Å². The zero-order valence-electron chi connectivity index (χ0n) is 14.6. The van der Waals surface area contributed by atoms with Gasteiger partial charge in [0.2, 0.25) is 0 Å². The second kappa shape index (κ2) is 6.44. The average molecular weight is 342 g/mol. The van der Waals surface area contributed by atoms with Gasteiger partial charge in [-0.25, -0.2) is 4.74 Å². The number of aryl methyl sites for hydroxylation is 2. The van der Waals surface area contributed by atoms with Crippen molar-refractivity contribution in [3.8, 4) is 0 Å². The van der Waals surface area contributed by atoms with E-state index in [1.165, 1.54) is 0 Å². The summed E-state index contributed by atoms with van der Waals surface area (Å²) < 4.78 is 2.51. The molecule has 1 aromatic heterocycles. The molecule has 0 spiro atoms. The maximum Gasteiger partial charge on any atom is 0.319 e. The summed E-state index contributed by atoms with van der Waals surface area (Å²) in [6, 6.07) is 22.9. The van der Waals surface area contributed by atoms with Gasteiger partial charge in [-0.3, -0.25) is 0 Å². The molecule has 0 amide bonds. The standard InChI is InChI=1S/C21H18N4O/c1-15-7-11-17(12-8-15)21(25(26)18-13-9-16(2)10-14-18)24-20-6-4-3-5-19(20)22-23-24/h3-14H,1-2H3/b25-21+. The van der Waals surface area contributed by atoms with Crippen molar-refractivity contribution in [2.75, 3.05) is 0 Å². The van der Waals surface area contributed by atoms with E-state index < -0.39 is 0 Å². The van der Waals surface area contributed by atoms with Gasteiger partial charge in [-0.1, -0.05) is 52.2 Å². The minimum absolute atomic E-state index is 0.419. The SMILES string of the molecule is Cc1ccc(/C(n2nnc3ccccc32)=[N+](\[O-])c2ccc(C)cc2)cc1. The van der Waals surface area contributed by atoms with Crippen LogP contribution in [-0.4, -0.2) is 25.6 Å². The molecule has 0 fully saturated rings. The van der Waals surface area contributed by atoms with Crippen LogP contribution < -0.4 is 0 Å². The van der Waals surface area contributed by atoms with E-state index in [0.29, 0.717) is 11.5 Å². The van der Waals surface area contributed by atoms with E-state index in [2.05, 4.69) is 10.3 Å². The third-order valence-electron chi connectivity index (χ3n) is 4.32. The Balaban J connectivity index is 1.99. The quantitative estimate of drug-likeness (QED) is 0.180. The predicted molar refractivity (Wildman–Crippen MR) is 103 cm³/mol. The first kappa shape index (κ1) is 16.0. The van der Waals surface area contributed by atoms with E-state index in [-0.39, 0.29) is 0 Å². The monoisotopic (exact) mass is 342 g/mol. The number of hydrogen-bond acceptors (Lipinski definition) is 3. The molecule has 0 bridgehead atoms. The average Bonchev–Trinajstić information content (AvgIpc) is 3.08. The van der Waals surface area contributed by atoms with Gasteiger partial charge in [0.15, 0.2) is 5.52 Å². The maximum absolute atomic E-state index is 13.3. The van der Waals surface area contributed by atoms with E-state index in [1.807, 2.05) is 86.6 Å². The summed E-state index contributed by atoms with van der Waals surface area (Å²) in [5.41, 5.74) is 5.09. The Hall–Kier alpha value is -3.47. The third-order valence-corrected chi connectivity index (χ3v) is 4.32. The predicted octanol–water partition coefficient (Wildman–Crippen LogP) is 4.19. The van der Waals surface area contributed by atoms with Crippen molar-refractivity contribution in [1.29, 1.82) is 0 Å². The molecule has 0 N–H and O–H groups in total. The Morgan fingerprint density at radius 2 is 1.46 bits per heavy atom. The maximum atomic E-state index is 13.3. The summed E-state index contributed by atoms with van der Waals surface area (Å²) in [6.07, 6.45) is 0. The van der Waals surface area contributed by atoms with Crippen LogP contribution in [0.1, 0.15) is 16.7 Å². The van der Waals surface area contributed by atoms with E-state index in [9.17, 15) is 5.21 Å². The molecule has 0 atom stereocenters. The third kappa shape index (κ3) is 2.84. The van der Waals surface area contributed by atoms with E-state index in [1.54, 1.807) is 4.68 Å². The normalized spacial score (nSPS) is 12.2. The van der Waals surface area contributed by atoms with E-state index in [4.69, 9.17) is 0 Å². The van der Waals surface area contributed by atoms with Gasteiger partial charge in [0.05, 0.1) is 5.56 Å². The Labute approximate surface area is 151 Å². The summed E-state index contributed by atoms with van der Waals surface area (Å²) in [5, 5.41) is 21.7. The van der Waals surface area contributed by atoms with Gasteiger partial charge in [-0.2, -0.15) is 0 Å². The van der Waals surface area contributed by atoms with Crippen LogP contribution in [-0.2, 0) is 0 Å². The lowest BCUT2D eigenvalue weighted by Crippen LogP contribution is -2.23. The van der Waals surface area contributed by atoms with Crippen molar-refractivity contribution in [3.05, 3.63) is 94.7 Å². The van der Waals surface area contributed by atoms with Crippen LogP contribution in [0.2, 0.25) is 0 Å². The van der Waals surface area contributed by atoms with Crippen LogP contribution in [0.5, 0.6) is 0 Å². The summed E-state index contributed by atoms with van der Waals surface area (Å²) in [7, 11) is 0. The second-order valence-corrected chi connectivity index (χ2v) is 6.31. The number of hydrogen-bond donors (Lipinski definition) is 0. The molecule has 0 saturated heterocycles. The van der Waals surface area contributed by atoms with Crippen molar-refractivity contribution in [2.24, 2.45) is 0 Å². The molecule has 5 heteroatoms. The molecule has 0 aliphatic rings. The number of benzene rings is 3. The highest BCUT2D eigenvalue weighted by atomic mass is 16.5. The highest BCUT2D eigenvalue weighted by Gasteiger charge is 2.22. The van der Waals surface area contributed by atoms with Crippen LogP contribution in [0.4, 0.5) is 5.69 Å². The molecule has 1 heterocycles. The first-order chi connectivity index (χ1) is 12.6. The first-order valence-corrected chi connectivity index (χ1v) is 8.42. The fraction of sp³-hybridized carbons (Fsp3) is 0.0952. The summed E-state index contributed by atoms with van der Waals surface area (Å²) in [6.45, 7) is 4.01. The minimum Gasteiger partial charge on any atom is -0.710 e. The van der Waals surface area contributed by atoms with Gasteiger partial charge in [-0.05, 0) is 50.2 Å². The molecule has 0 radical (unpaired) electrons. The van der Waals surface area contributed by atoms with Crippen molar-refractivity contribution in [3.63, 3.8) is 0 Å². The van der Waals surface area contributed by atoms with Crippen molar-refractivity contribution >= 4 is 22.6 Å². The number of fused-ring (bicyclic) bond motifs is 1. The molecular weight excluding hydrogens is 324 g/mol. The van der Waals surface area contributed by atoms with Crippen LogP contribution in [0.3, 0.4) is 0 Å². The van der Waals surface area contributed by atoms with E-state index in [0.717, 1.165) is 32.5 Å². The van der Waals surface area contributed by atoms with E-state index >= 15 is 0 Å². The zero-order valence-corrected chi connectivity index (χ0v) is 14.6. The molecule has 0 unspecified atom stereocenters. The molecule has 0 aliphatic carbocycles. The molecule has 0 saturated carbocycles. The minimum atomic E-state index is 0.419. The van der Waals surface area contributed by atoms with Gasteiger partial charge in [0.25, 0.3) is 0 Å².